The van der Waals surface area contributed by atoms with Crippen molar-refractivity contribution in [2.24, 2.45) is 5.92 Å². The maximum atomic E-state index is 3.52. The van der Waals surface area contributed by atoms with Gasteiger partial charge in [0.2, 0.25) is 0 Å². The second-order valence-electron chi connectivity index (χ2n) is 5.88. The van der Waals surface area contributed by atoms with Gasteiger partial charge in [0.1, 0.15) is 0 Å². The first-order valence-electron chi connectivity index (χ1n) is 7.40. The zero-order valence-electron chi connectivity index (χ0n) is 11.4. The van der Waals surface area contributed by atoms with Crippen LogP contribution in [0.3, 0.4) is 0 Å². The van der Waals surface area contributed by atoms with Gasteiger partial charge in [0.25, 0.3) is 0 Å². The van der Waals surface area contributed by atoms with Gasteiger partial charge in [-0.2, -0.15) is 0 Å². The number of nitrogens with one attached hydrogen (secondary N) is 1. The van der Waals surface area contributed by atoms with E-state index in [1.165, 1.54) is 56.6 Å². The van der Waals surface area contributed by atoms with Crippen molar-refractivity contribution in [1.82, 2.24) is 5.32 Å². The van der Waals surface area contributed by atoms with E-state index in [0.29, 0.717) is 6.04 Å². The first kappa shape index (κ1) is 12.0. The first-order chi connectivity index (χ1) is 8.84. The summed E-state index contributed by atoms with van der Waals surface area (Å²) < 4.78 is 0. The van der Waals surface area contributed by atoms with Crippen LogP contribution in [0.2, 0.25) is 0 Å². The van der Waals surface area contributed by atoms with Gasteiger partial charge in [0.15, 0.2) is 0 Å². The molecular weight excluding hydrogens is 220 g/mol. The molecular formula is C16H24N2. The number of para-hydroxylation sites is 1. The predicted molar refractivity (Wildman–Crippen MR) is 77.2 cm³/mol. The molecule has 18 heavy (non-hydrogen) atoms. The van der Waals surface area contributed by atoms with Crippen LogP contribution in [0.25, 0.3) is 0 Å². The largest absolute Gasteiger partial charge is 0.368 e. The van der Waals surface area contributed by atoms with Gasteiger partial charge >= 0.3 is 0 Å². The zero-order valence-corrected chi connectivity index (χ0v) is 11.4. The summed E-state index contributed by atoms with van der Waals surface area (Å²) in [5, 5.41) is 3.52. The molecule has 0 bridgehead atoms. The summed E-state index contributed by atoms with van der Waals surface area (Å²) in [4.78, 5) is 2.62. The number of hydrogen-bond acceptors (Lipinski definition) is 2. The van der Waals surface area contributed by atoms with Crippen LogP contribution >= 0.6 is 0 Å². The molecule has 0 aromatic heterocycles. The number of benzene rings is 1. The Labute approximate surface area is 110 Å². The molecule has 0 saturated carbocycles. The number of piperidine rings is 1. The highest BCUT2D eigenvalue weighted by Gasteiger charge is 2.25. The lowest BCUT2D eigenvalue weighted by Gasteiger charge is -2.29. The lowest BCUT2D eigenvalue weighted by atomic mass is 9.96. The Kier molecular flexibility index (Phi) is 3.55. The fourth-order valence-electron chi connectivity index (χ4n) is 3.46. The van der Waals surface area contributed by atoms with Crippen molar-refractivity contribution in [3.05, 3.63) is 29.8 Å². The van der Waals surface area contributed by atoms with E-state index in [-0.39, 0.29) is 0 Å². The van der Waals surface area contributed by atoms with Gasteiger partial charge in [0, 0.05) is 18.3 Å². The number of anilines is 1. The molecule has 1 aromatic rings. The standard InChI is InChI=1S/C16H24N2/c1-13-11-15-6-2-3-7-16(15)18(13)10-8-14-5-4-9-17-12-14/h2-3,6-7,13-14,17H,4-5,8-12H2,1H3. The van der Waals surface area contributed by atoms with Gasteiger partial charge in [-0.1, -0.05) is 18.2 Å². The van der Waals surface area contributed by atoms with Gasteiger partial charge in [-0.3, -0.25) is 0 Å². The van der Waals surface area contributed by atoms with Crippen LogP contribution in [-0.4, -0.2) is 25.7 Å². The fourth-order valence-corrected chi connectivity index (χ4v) is 3.46. The number of hydrogen-bond donors (Lipinski definition) is 1. The maximum absolute atomic E-state index is 3.52. The summed E-state index contributed by atoms with van der Waals surface area (Å²) in [6, 6.07) is 9.59. The highest BCUT2D eigenvalue weighted by atomic mass is 15.2. The molecule has 3 rings (SSSR count). The molecule has 0 aliphatic carbocycles. The normalized spacial score (nSPS) is 27.3. The van der Waals surface area contributed by atoms with Crippen LogP contribution in [-0.2, 0) is 6.42 Å². The zero-order chi connectivity index (χ0) is 12.4. The molecule has 1 N–H and O–H groups in total. The Morgan fingerprint density at radius 2 is 2.22 bits per heavy atom. The van der Waals surface area contributed by atoms with Gasteiger partial charge in [0.05, 0.1) is 0 Å². The van der Waals surface area contributed by atoms with E-state index in [0.717, 1.165) is 5.92 Å². The van der Waals surface area contributed by atoms with Crippen LogP contribution in [0.5, 0.6) is 0 Å². The summed E-state index contributed by atoms with van der Waals surface area (Å²) in [5.41, 5.74) is 3.01. The summed E-state index contributed by atoms with van der Waals surface area (Å²) in [6.07, 6.45) is 5.33. The summed E-state index contributed by atoms with van der Waals surface area (Å²) in [5.74, 6) is 0.888. The second-order valence-corrected chi connectivity index (χ2v) is 5.88. The van der Waals surface area contributed by atoms with E-state index in [1.807, 2.05) is 0 Å². The van der Waals surface area contributed by atoms with Gasteiger partial charge < -0.3 is 10.2 Å². The SMILES string of the molecule is CC1Cc2ccccc2N1CCC1CCCNC1. The van der Waals surface area contributed by atoms with Crippen LogP contribution in [0.4, 0.5) is 5.69 Å². The highest BCUT2D eigenvalue weighted by Crippen LogP contribution is 2.32. The van der Waals surface area contributed by atoms with Gasteiger partial charge in [-0.15, -0.1) is 0 Å². The third kappa shape index (κ3) is 2.39. The van der Waals surface area contributed by atoms with Crippen LogP contribution in [0.15, 0.2) is 24.3 Å². The van der Waals surface area contributed by atoms with Crippen LogP contribution in [0.1, 0.15) is 31.7 Å². The molecule has 98 valence electrons. The van der Waals surface area contributed by atoms with Crippen LogP contribution in [0, 0.1) is 5.92 Å². The Balaban J connectivity index is 1.62. The average molecular weight is 244 g/mol. The predicted octanol–water partition coefficient (Wildman–Crippen LogP) is 2.83. The van der Waals surface area contributed by atoms with Crippen molar-refractivity contribution < 1.29 is 0 Å². The molecule has 2 aliphatic rings. The quantitative estimate of drug-likeness (QED) is 0.879. The molecule has 1 saturated heterocycles. The molecule has 2 aliphatic heterocycles. The summed E-state index contributed by atoms with van der Waals surface area (Å²) in [7, 11) is 0. The highest BCUT2D eigenvalue weighted by molar-refractivity contribution is 5.59. The van der Waals surface area contributed by atoms with Gasteiger partial charge in [-0.25, -0.2) is 0 Å². The molecule has 2 heterocycles. The number of nitrogens with zero attached hydrogens (tertiary/aromatic N) is 1. The minimum absolute atomic E-state index is 0.680. The summed E-state index contributed by atoms with van der Waals surface area (Å²) >= 11 is 0. The molecule has 0 radical (unpaired) electrons. The Bertz CT molecular complexity index is 396. The Hall–Kier alpha value is -1.02. The minimum atomic E-state index is 0.680. The van der Waals surface area contributed by atoms with Crippen molar-refractivity contribution in [2.75, 3.05) is 24.5 Å². The number of fused-ring (bicyclic) bond motifs is 1. The van der Waals surface area contributed by atoms with Crippen molar-refractivity contribution in [3.63, 3.8) is 0 Å². The summed E-state index contributed by atoms with van der Waals surface area (Å²) in [6.45, 7) is 6.03. The van der Waals surface area contributed by atoms with Crippen molar-refractivity contribution >= 4 is 5.69 Å². The Morgan fingerprint density at radius 1 is 1.33 bits per heavy atom. The second kappa shape index (κ2) is 5.31. The molecule has 2 unspecified atom stereocenters. The van der Waals surface area contributed by atoms with E-state index < -0.39 is 0 Å². The van der Waals surface area contributed by atoms with Gasteiger partial charge in [-0.05, 0) is 63.2 Å². The maximum Gasteiger partial charge on any atom is 0.0402 e. The molecule has 0 spiro atoms. The minimum Gasteiger partial charge on any atom is -0.368 e. The van der Waals surface area contributed by atoms with E-state index in [4.69, 9.17) is 0 Å². The molecule has 2 atom stereocenters. The molecule has 2 heteroatoms. The molecule has 2 nitrogen and oxygen atoms in total. The van der Waals surface area contributed by atoms with E-state index in [2.05, 4.69) is 41.4 Å². The third-order valence-electron chi connectivity index (χ3n) is 4.53. The molecule has 1 aromatic carbocycles. The fraction of sp³-hybridized carbons (Fsp3) is 0.625. The van der Waals surface area contributed by atoms with E-state index in [9.17, 15) is 0 Å². The van der Waals surface area contributed by atoms with E-state index >= 15 is 0 Å². The topological polar surface area (TPSA) is 15.3 Å². The third-order valence-corrected chi connectivity index (χ3v) is 4.53. The van der Waals surface area contributed by atoms with Crippen molar-refractivity contribution in [2.45, 2.75) is 38.6 Å². The Morgan fingerprint density at radius 3 is 3.06 bits per heavy atom. The lowest BCUT2D eigenvalue weighted by molar-refractivity contribution is 0.357. The smallest absolute Gasteiger partial charge is 0.0402 e. The molecule has 0 amide bonds. The molecule has 1 fully saturated rings. The average Bonchev–Trinajstić information content (AvgIpc) is 2.73. The first-order valence-corrected chi connectivity index (χ1v) is 7.40. The monoisotopic (exact) mass is 244 g/mol. The van der Waals surface area contributed by atoms with Crippen LogP contribution < -0.4 is 10.2 Å². The van der Waals surface area contributed by atoms with Crippen molar-refractivity contribution in [3.8, 4) is 0 Å². The van der Waals surface area contributed by atoms with Crippen molar-refractivity contribution in [1.29, 1.82) is 0 Å². The van der Waals surface area contributed by atoms with E-state index in [1.54, 1.807) is 0 Å². The number of rotatable bonds is 3. The lowest BCUT2D eigenvalue weighted by Crippen LogP contribution is -2.35.